The summed E-state index contributed by atoms with van der Waals surface area (Å²) in [6, 6.07) is 6.17. The normalized spacial score (nSPS) is 23.4. The molecule has 1 aromatic rings. The van der Waals surface area contributed by atoms with Gasteiger partial charge in [0.05, 0.1) is 4.92 Å². The van der Waals surface area contributed by atoms with Gasteiger partial charge in [0.2, 0.25) is 0 Å². The summed E-state index contributed by atoms with van der Waals surface area (Å²) in [6.07, 6.45) is 2.04. The third-order valence-electron chi connectivity index (χ3n) is 6.02. The first-order valence-electron chi connectivity index (χ1n) is 9.92. The van der Waals surface area contributed by atoms with Gasteiger partial charge in [0.15, 0.2) is 11.6 Å². The summed E-state index contributed by atoms with van der Waals surface area (Å²) in [5.74, 6) is 0.770. The quantitative estimate of drug-likeness (QED) is 0.520. The summed E-state index contributed by atoms with van der Waals surface area (Å²) in [6.45, 7) is 8.16. The van der Waals surface area contributed by atoms with E-state index in [4.69, 9.17) is 4.74 Å². The number of Topliss-reactive ketones (excluding diaryl/α,β-unsaturated/α-hetero) is 2. The highest BCUT2D eigenvalue weighted by Crippen LogP contribution is 2.53. The van der Waals surface area contributed by atoms with E-state index in [2.05, 4.69) is 0 Å². The first kappa shape index (κ1) is 19.6. The molecule has 4 rings (SSSR count). The van der Waals surface area contributed by atoms with Crippen LogP contribution in [0.1, 0.15) is 64.9 Å². The Kier molecular flexibility index (Phi) is 4.30. The van der Waals surface area contributed by atoms with E-state index < -0.39 is 10.8 Å². The maximum absolute atomic E-state index is 13.1. The number of nitro groups is 1. The van der Waals surface area contributed by atoms with Crippen molar-refractivity contribution in [1.82, 2.24) is 0 Å². The number of nitro benzene ring substituents is 1. The topological polar surface area (TPSA) is 86.5 Å². The smallest absolute Gasteiger partial charge is 0.269 e. The number of hydrogen-bond acceptors (Lipinski definition) is 5. The van der Waals surface area contributed by atoms with E-state index in [1.54, 1.807) is 12.1 Å². The molecule has 0 aromatic heterocycles. The number of carbonyl (C=O) groups excluding carboxylic acids is 2. The maximum Gasteiger partial charge on any atom is 0.269 e. The summed E-state index contributed by atoms with van der Waals surface area (Å²) in [4.78, 5) is 36.9. The Morgan fingerprint density at radius 2 is 1.31 bits per heavy atom. The maximum atomic E-state index is 13.1. The number of nitrogens with zero attached hydrogens (tertiary/aromatic N) is 1. The molecule has 1 heterocycles. The molecule has 0 fully saturated rings. The first-order valence-corrected chi connectivity index (χ1v) is 9.92. The number of ether oxygens (including phenoxy) is 1. The number of hydrogen-bond donors (Lipinski definition) is 0. The first-order chi connectivity index (χ1) is 13.5. The Bertz CT molecular complexity index is 943. The molecule has 1 aromatic carbocycles. The van der Waals surface area contributed by atoms with Crippen molar-refractivity contribution in [3.05, 3.63) is 62.6 Å². The van der Waals surface area contributed by atoms with Crippen LogP contribution in [0.25, 0.3) is 0 Å². The third kappa shape index (κ3) is 3.41. The van der Waals surface area contributed by atoms with Gasteiger partial charge in [-0.15, -0.1) is 0 Å². The van der Waals surface area contributed by atoms with E-state index in [-0.39, 0.29) is 28.1 Å². The Balaban J connectivity index is 1.89. The van der Waals surface area contributed by atoms with Crippen LogP contribution in [0.15, 0.2) is 46.9 Å². The molecule has 1 aliphatic heterocycles. The molecule has 0 amide bonds. The lowest BCUT2D eigenvalue weighted by atomic mass is 9.65. The van der Waals surface area contributed by atoms with Crippen LogP contribution in [-0.4, -0.2) is 16.5 Å². The summed E-state index contributed by atoms with van der Waals surface area (Å²) in [5, 5.41) is 11.1. The minimum absolute atomic E-state index is 0.0104. The standard InChI is InChI=1S/C23H25NO5/c1-22(2)9-15(25)20-17(11-22)29-18-12-23(3,4)10-16(26)21(18)19(20)13-5-7-14(8-6-13)24(27)28/h5-8,19H,9-12H2,1-4H3. The lowest BCUT2D eigenvalue weighted by Crippen LogP contribution is -2.37. The van der Waals surface area contributed by atoms with Crippen molar-refractivity contribution in [2.45, 2.75) is 59.3 Å². The summed E-state index contributed by atoms with van der Waals surface area (Å²) < 4.78 is 6.23. The van der Waals surface area contributed by atoms with Crippen LogP contribution in [0.3, 0.4) is 0 Å². The summed E-state index contributed by atoms with van der Waals surface area (Å²) in [7, 11) is 0. The predicted octanol–water partition coefficient (Wildman–Crippen LogP) is 5.00. The molecule has 0 spiro atoms. The van der Waals surface area contributed by atoms with Crippen molar-refractivity contribution in [1.29, 1.82) is 0 Å². The van der Waals surface area contributed by atoms with Gasteiger partial charge >= 0.3 is 0 Å². The summed E-state index contributed by atoms with van der Waals surface area (Å²) >= 11 is 0. The fraction of sp³-hybridized carbons (Fsp3) is 0.478. The van der Waals surface area contributed by atoms with Crippen molar-refractivity contribution in [2.24, 2.45) is 10.8 Å². The minimum atomic E-state index is -0.512. The molecule has 0 saturated heterocycles. The monoisotopic (exact) mass is 395 g/mol. The second-order valence-corrected chi connectivity index (χ2v) is 9.94. The van der Waals surface area contributed by atoms with Crippen molar-refractivity contribution >= 4 is 17.3 Å². The van der Waals surface area contributed by atoms with Crippen molar-refractivity contribution in [3.63, 3.8) is 0 Å². The molecule has 0 radical (unpaired) electrons. The van der Waals surface area contributed by atoms with Gasteiger partial charge in [-0.2, -0.15) is 0 Å². The van der Waals surface area contributed by atoms with Gasteiger partial charge in [-0.3, -0.25) is 19.7 Å². The van der Waals surface area contributed by atoms with Gasteiger partial charge in [0.1, 0.15) is 11.5 Å². The van der Waals surface area contributed by atoms with Crippen LogP contribution in [0.2, 0.25) is 0 Å². The molecule has 0 N–H and O–H groups in total. The van der Waals surface area contributed by atoms with Crippen molar-refractivity contribution in [3.8, 4) is 0 Å². The van der Waals surface area contributed by atoms with Crippen molar-refractivity contribution in [2.75, 3.05) is 0 Å². The Morgan fingerprint density at radius 3 is 1.72 bits per heavy atom. The fourth-order valence-electron chi connectivity index (χ4n) is 4.80. The molecule has 29 heavy (non-hydrogen) atoms. The van der Waals surface area contributed by atoms with Crippen molar-refractivity contribution < 1.29 is 19.2 Å². The predicted molar refractivity (Wildman–Crippen MR) is 107 cm³/mol. The van der Waals surface area contributed by atoms with Gasteiger partial charge in [-0.05, 0) is 16.4 Å². The van der Waals surface area contributed by atoms with Gasteiger partial charge < -0.3 is 4.74 Å². The van der Waals surface area contributed by atoms with Crippen LogP contribution >= 0.6 is 0 Å². The molecule has 0 unspecified atom stereocenters. The number of ketones is 2. The SMILES string of the molecule is CC1(C)CC(=O)C2=C(C1)OC1=C(C(=O)CC(C)(C)C1)C2c1ccc([N+](=O)[O-])cc1. The van der Waals surface area contributed by atoms with E-state index in [0.29, 0.717) is 48.3 Å². The minimum Gasteiger partial charge on any atom is -0.465 e. The third-order valence-corrected chi connectivity index (χ3v) is 6.02. The van der Waals surface area contributed by atoms with Gasteiger partial charge in [0, 0.05) is 54.9 Å². The number of benzene rings is 1. The molecule has 0 saturated carbocycles. The van der Waals surface area contributed by atoms with Crippen LogP contribution in [0.5, 0.6) is 0 Å². The number of allylic oxidation sites excluding steroid dienone is 4. The van der Waals surface area contributed by atoms with E-state index >= 15 is 0 Å². The molecule has 3 aliphatic rings. The van der Waals surface area contributed by atoms with E-state index in [1.807, 2.05) is 27.7 Å². The van der Waals surface area contributed by atoms with Crippen LogP contribution in [-0.2, 0) is 14.3 Å². The van der Waals surface area contributed by atoms with Gasteiger partial charge in [0.25, 0.3) is 5.69 Å². The second-order valence-electron chi connectivity index (χ2n) is 9.94. The van der Waals surface area contributed by atoms with Crippen LogP contribution in [0.4, 0.5) is 5.69 Å². The highest BCUT2D eigenvalue weighted by molar-refractivity contribution is 6.06. The molecule has 152 valence electrons. The highest BCUT2D eigenvalue weighted by Gasteiger charge is 2.47. The zero-order chi connectivity index (χ0) is 21.1. The van der Waals surface area contributed by atoms with Gasteiger partial charge in [-0.1, -0.05) is 39.8 Å². The summed E-state index contributed by atoms with van der Waals surface area (Å²) in [5.41, 5.74) is 1.39. The molecule has 0 bridgehead atoms. The number of non-ortho nitro benzene ring substituents is 1. The number of carbonyl (C=O) groups is 2. The lowest BCUT2D eigenvalue weighted by Gasteiger charge is -2.42. The van der Waals surface area contributed by atoms with E-state index in [0.717, 1.165) is 5.56 Å². The molecule has 6 heteroatoms. The molecule has 6 nitrogen and oxygen atoms in total. The van der Waals surface area contributed by atoms with E-state index in [9.17, 15) is 19.7 Å². The zero-order valence-corrected chi connectivity index (χ0v) is 17.2. The van der Waals surface area contributed by atoms with E-state index in [1.165, 1.54) is 12.1 Å². The molecular weight excluding hydrogens is 370 g/mol. The average molecular weight is 395 g/mol. The highest BCUT2D eigenvalue weighted by atomic mass is 16.6. The molecular formula is C23H25NO5. The Morgan fingerprint density at radius 1 is 0.862 bits per heavy atom. The average Bonchev–Trinajstić information content (AvgIpc) is 2.57. The Labute approximate surface area is 169 Å². The van der Waals surface area contributed by atoms with Gasteiger partial charge in [-0.25, -0.2) is 0 Å². The lowest BCUT2D eigenvalue weighted by molar-refractivity contribution is -0.384. The van der Waals surface area contributed by atoms with Crippen LogP contribution in [0, 0.1) is 20.9 Å². The largest absolute Gasteiger partial charge is 0.465 e. The zero-order valence-electron chi connectivity index (χ0n) is 17.2. The van der Waals surface area contributed by atoms with Crippen LogP contribution < -0.4 is 0 Å². The Hall–Kier alpha value is -2.76. The number of rotatable bonds is 2. The second kappa shape index (κ2) is 6.37. The fourth-order valence-corrected chi connectivity index (χ4v) is 4.80. The molecule has 2 aliphatic carbocycles. The molecule has 0 atom stereocenters.